The monoisotopic (exact) mass is 326 g/mol. The molecule has 0 spiro atoms. The third-order valence-electron chi connectivity index (χ3n) is 5.16. The predicted octanol–water partition coefficient (Wildman–Crippen LogP) is 2.54. The Morgan fingerprint density at radius 1 is 0.667 bits per heavy atom. The molecule has 3 aliphatic carbocycles. The predicted molar refractivity (Wildman–Crippen MR) is 81.0 cm³/mol. The molecule has 24 heavy (non-hydrogen) atoms. The quantitative estimate of drug-likeness (QED) is 0.651. The summed E-state index contributed by atoms with van der Waals surface area (Å²) in [5, 5.41) is 17.8. The van der Waals surface area contributed by atoms with Gasteiger partial charge < -0.3 is 9.78 Å². The Bertz CT molecular complexity index is 714. The average Bonchev–Trinajstić information content (AvgIpc) is 2.66. The average molecular weight is 326 g/mol. The van der Waals surface area contributed by atoms with Gasteiger partial charge in [0.1, 0.15) is 0 Å². The molecule has 122 valence electrons. The molecule has 0 fully saturated rings. The SMILES string of the molecule is O=C(OO)[C@@H]1C2c3ccccc3C(c3ccccc32)[C@@H]1C(=O)OO. The largest absolute Gasteiger partial charge is 0.346 e. The zero-order valence-corrected chi connectivity index (χ0v) is 12.5. The first-order valence-electron chi connectivity index (χ1n) is 7.57. The topological polar surface area (TPSA) is 93.1 Å². The minimum Gasteiger partial charge on any atom is -0.301 e. The second-order valence-corrected chi connectivity index (χ2v) is 6.09. The number of fused-ring (bicyclic) bond motifs is 1. The Kier molecular flexibility index (Phi) is 3.37. The van der Waals surface area contributed by atoms with E-state index in [4.69, 9.17) is 10.5 Å². The Balaban J connectivity index is 2.02. The number of carbonyl (C=O) groups is 2. The molecular weight excluding hydrogens is 312 g/mol. The van der Waals surface area contributed by atoms with Crippen LogP contribution in [0, 0.1) is 11.8 Å². The van der Waals surface area contributed by atoms with Gasteiger partial charge in [0.2, 0.25) is 0 Å². The van der Waals surface area contributed by atoms with Crippen molar-refractivity contribution < 1.29 is 29.9 Å². The van der Waals surface area contributed by atoms with E-state index in [1.807, 2.05) is 48.5 Å². The highest BCUT2D eigenvalue weighted by atomic mass is 17.1. The maximum atomic E-state index is 12.2. The van der Waals surface area contributed by atoms with Crippen LogP contribution >= 0.6 is 0 Å². The Labute approximate surface area is 137 Å². The fraction of sp³-hybridized carbons (Fsp3) is 0.222. The smallest absolute Gasteiger partial charge is 0.301 e. The van der Waals surface area contributed by atoms with E-state index in [1.54, 1.807) is 0 Å². The molecule has 6 nitrogen and oxygen atoms in total. The number of rotatable bonds is 2. The van der Waals surface area contributed by atoms with Crippen LogP contribution in [-0.4, -0.2) is 22.5 Å². The van der Waals surface area contributed by atoms with Crippen molar-refractivity contribution >= 4 is 11.9 Å². The summed E-state index contributed by atoms with van der Waals surface area (Å²) in [6.45, 7) is 0. The van der Waals surface area contributed by atoms with Crippen molar-refractivity contribution in [3.8, 4) is 0 Å². The van der Waals surface area contributed by atoms with Gasteiger partial charge in [-0.3, -0.25) is 0 Å². The number of hydrogen-bond acceptors (Lipinski definition) is 6. The van der Waals surface area contributed by atoms with E-state index >= 15 is 0 Å². The van der Waals surface area contributed by atoms with E-state index in [0.717, 1.165) is 22.3 Å². The van der Waals surface area contributed by atoms with Gasteiger partial charge in [-0.2, -0.15) is 10.5 Å². The first-order chi connectivity index (χ1) is 11.7. The van der Waals surface area contributed by atoms with Gasteiger partial charge in [0, 0.05) is 11.8 Å². The fourth-order valence-electron chi connectivity index (χ4n) is 4.37. The molecule has 0 radical (unpaired) electrons. The molecule has 0 saturated heterocycles. The standard InChI is InChI=1S/C18H14O6/c19-17(23-21)15-13-9-5-1-2-6-10(9)14(16(15)18(20)24-22)12-8-4-3-7-11(12)13/h1-8,13-16,21-22H/t13?,14?,15-,16+. The molecule has 0 heterocycles. The molecule has 2 atom stereocenters. The number of carbonyl (C=O) groups excluding carboxylic acids is 2. The van der Waals surface area contributed by atoms with E-state index in [-0.39, 0.29) is 0 Å². The van der Waals surface area contributed by atoms with E-state index in [0.29, 0.717) is 0 Å². The summed E-state index contributed by atoms with van der Waals surface area (Å²) in [5.74, 6) is -4.67. The van der Waals surface area contributed by atoms with Crippen molar-refractivity contribution in [3.63, 3.8) is 0 Å². The molecule has 2 N–H and O–H groups in total. The first-order valence-corrected chi connectivity index (χ1v) is 7.57. The Morgan fingerprint density at radius 2 is 0.958 bits per heavy atom. The van der Waals surface area contributed by atoms with Gasteiger partial charge in [0.15, 0.2) is 0 Å². The molecule has 5 rings (SSSR count). The highest BCUT2D eigenvalue weighted by Crippen LogP contribution is 2.58. The summed E-state index contributed by atoms with van der Waals surface area (Å²) in [7, 11) is 0. The van der Waals surface area contributed by atoms with Crippen LogP contribution in [-0.2, 0) is 19.4 Å². The van der Waals surface area contributed by atoms with Crippen LogP contribution in [0.4, 0.5) is 0 Å². The van der Waals surface area contributed by atoms with Crippen LogP contribution in [0.2, 0.25) is 0 Å². The van der Waals surface area contributed by atoms with Crippen LogP contribution in [0.25, 0.3) is 0 Å². The van der Waals surface area contributed by atoms with Gasteiger partial charge in [0.05, 0.1) is 11.8 Å². The van der Waals surface area contributed by atoms with Crippen molar-refractivity contribution in [1.82, 2.24) is 0 Å². The van der Waals surface area contributed by atoms with Gasteiger partial charge in [-0.05, 0) is 22.3 Å². The molecule has 3 aliphatic rings. The maximum Gasteiger partial charge on any atom is 0.346 e. The van der Waals surface area contributed by atoms with Crippen molar-refractivity contribution in [2.24, 2.45) is 11.8 Å². The highest BCUT2D eigenvalue weighted by molar-refractivity contribution is 5.87. The Morgan fingerprint density at radius 3 is 1.21 bits per heavy atom. The van der Waals surface area contributed by atoms with E-state index in [9.17, 15) is 9.59 Å². The minimum atomic E-state index is -0.968. The van der Waals surface area contributed by atoms with E-state index < -0.39 is 35.6 Å². The molecule has 0 saturated carbocycles. The lowest BCUT2D eigenvalue weighted by atomic mass is 9.54. The second kappa shape index (κ2) is 5.43. The molecule has 2 aromatic rings. The van der Waals surface area contributed by atoms with Crippen molar-refractivity contribution in [1.29, 1.82) is 0 Å². The van der Waals surface area contributed by atoms with Crippen LogP contribution in [0.15, 0.2) is 48.5 Å². The van der Waals surface area contributed by atoms with Gasteiger partial charge in [-0.1, -0.05) is 48.5 Å². The molecule has 0 amide bonds. The lowest BCUT2D eigenvalue weighted by Crippen LogP contribution is -2.47. The van der Waals surface area contributed by atoms with Gasteiger partial charge in [-0.15, -0.1) is 0 Å². The molecule has 0 aromatic heterocycles. The lowest BCUT2D eigenvalue weighted by Gasteiger charge is -2.47. The fourth-order valence-corrected chi connectivity index (χ4v) is 4.37. The van der Waals surface area contributed by atoms with E-state index in [2.05, 4.69) is 9.78 Å². The van der Waals surface area contributed by atoms with Crippen LogP contribution in [0.3, 0.4) is 0 Å². The minimum absolute atomic E-state index is 0.453. The van der Waals surface area contributed by atoms with Crippen molar-refractivity contribution in [2.45, 2.75) is 11.8 Å². The molecular formula is C18H14O6. The summed E-state index contributed by atoms with van der Waals surface area (Å²) in [6, 6.07) is 15.1. The summed E-state index contributed by atoms with van der Waals surface area (Å²) >= 11 is 0. The summed E-state index contributed by atoms with van der Waals surface area (Å²) < 4.78 is 0. The zero-order valence-electron chi connectivity index (χ0n) is 12.5. The molecule has 0 aliphatic heterocycles. The van der Waals surface area contributed by atoms with Crippen molar-refractivity contribution in [3.05, 3.63) is 70.8 Å². The van der Waals surface area contributed by atoms with Gasteiger partial charge >= 0.3 is 11.9 Å². The third-order valence-corrected chi connectivity index (χ3v) is 5.16. The summed E-state index contributed by atoms with van der Waals surface area (Å²) in [4.78, 5) is 32.4. The second-order valence-electron chi connectivity index (χ2n) is 6.09. The Hall–Kier alpha value is -2.70. The van der Waals surface area contributed by atoms with Crippen LogP contribution in [0.1, 0.15) is 34.1 Å². The molecule has 6 heteroatoms. The summed E-state index contributed by atoms with van der Waals surface area (Å²) in [5.41, 5.74) is 3.66. The van der Waals surface area contributed by atoms with Gasteiger partial charge in [-0.25, -0.2) is 9.59 Å². The van der Waals surface area contributed by atoms with Gasteiger partial charge in [0.25, 0.3) is 0 Å². The summed E-state index contributed by atoms with van der Waals surface area (Å²) in [6.07, 6.45) is 0. The normalized spacial score (nSPS) is 26.2. The van der Waals surface area contributed by atoms with E-state index in [1.165, 1.54) is 0 Å². The van der Waals surface area contributed by atoms with Crippen molar-refractivity contribution in [2.75, 3.05) is 0 Å². The van der Waals surface area contributed by atoms with Crippen LogP contribution < -0.4 is 0 Å². The number of benzene rings is 2. The van der Waals surface area contributed by atoms with Crippen LogP contribution in [0.5, 0.6) is 0 Å². The lowest BCUT2D eigenvalue weighted by molar-refractivity contribution is -0.252. The molecule has 0 unspecified atom stereocenters. The molecule has 2 bridgehead atoms. The number of hydrogen-bond donors (Lipinski definition) is 2. The zero-order chi connectivity index (χ0) is 16.8. The highest BCUT2D eigenvalue weighted by Gasteiger charge is 2.56. The first kappa shape index (κ1) is 14.9. The maximum absolute atomic E-state index is 12.2. The third kappa shape index (κ3) is 1.84. The molecule has 2 aromatic carbocycles.